The van der Waals surface area contributed by atoms with Gasteiger partial charge in [0.15, 0.2) is 5.92 Å². The minimum atomic E-state index is -0.707. The summed E-state index contributed by atoms with van der Waals surface area (Å²) < 4.78 is 12.8. The summed E-state index contributed by atoms with van der Waals surface area (Å²) in [6, 6.07) is 10.7. The van der Waals surface area contributed by atoms with Gasteiger partial charge in [-0.15, -0.1) is 0 Å². The van der Waals surface area contributed by atoms with E-state index in [9.17, 15) is 4.39 Å². The van der Waals surface area contributed by atoms with Gasteiger partial charge in [0.25, 0.3) is 0 Å². The lowest BCUT2D eigenvalue weighted by atomic mass is 10.0. The van der Waals surface area contributed by atoms with Gasteiger partial charge in [0.2, 0.25) is 0 Å². The first-order valence-corrected chi connectivity index (χ1v) is 6.85. The zero-order valence-electron chi connectivity index (χ0n) is 11.9. The third-order valence-corrected chi connectivity index (χ3v) is 3.61. The van der Waals surface area contributed by atoms with E-state index in [0.717, 1.165) is 25.2 Å². The summed E-state index contributed by atoms with van der Waals surface area (Å²) in [6.45, 7) is 2.47. The van der Waals surface area contributed by atoms with Crippen molar-refractivity contribution in [2.24, 2.45) is 5.92 Å². The van der Waals surface area contributed by atoms with E-state index in [2.05, 4.69) is 15.5 Å². The van der Waals surface area contributed by atoms with E-state index in [4.69, 9.17) is 10.5 Å². The van der Waals surface area contributed by atoms with Crippen molar-refractivity contribution in [3.8, 4) is 12.1 Å². The minimum absolute atomic E-state index is 0.224. The van der Waals surface area contributed by atoms with E-state index in [0.29, 0.717) is 0 Å². The first kappa shape index (κ1) is 15.4. The number of nitriles is 2. The lowest BCUT2D eigenvalue weighted by Gasteiger charge is -2.41. The molecule has 0 aromatic heterocycles. The molecular weight excluding hydrogens is 269 g/mol. The summed E-state index contributed by atoms with van der Waals surface area (Å²) in [4.78, 5) is 2.23. The molecule has 0 amide bonds. The summed E-state index contributed by atoms with van der Waals surface area (Å²) in [6.07, 6.45) is -0.321. The van der Waals surface area contributed by atoms with Crippen LogP contribution in [0.4, 0.5) is 4.39 Å². The van der Waals surface area contributed by atoms with Crippen molar-refractivity contribution >= 4 is 0 Å². The Morgan fingerprint density at radius 1 is 1.29 bits per heavy atom. The molecule has 110 valence electrons. The highest BCUT2D eigenvalue weighted by molar-refractivity contribution is 5.16. The van der Waals surface area contributed by atoms with Crippen molar-refractivity contribution < 1.29 is 4.39 Å². The Morgan fingerprint density at radius 3 is 2.43 bits per heavy atom. The molecule has 5 nitrogen and oxygen atoms in total. The SMILES string of the molecule is CNC(NC1CN(Cc2ccc(F)cc2)C1)C(C#N)C#N. The maximum atomic E-state index is 12.8. The van der Waals surface area contributed by atoms with Crippen LogP contribution in [-0.2, 0) is 6.54 Å². The zero-order chi connectivity index (χ0) is 15.2. The second-order valence-electron chi connectivity index (χ2n) is 5.19. The van der Waals surface area contributed by atoms with Crippen molar-refractivity contribution in [3.05, 3.63) is 35.6 Å². The van der Waals surface area contributed by atoms with Gasteiger partial charge in [-0.2, -0.15) is 10.5 Å². The highest BCUT2D eigenvalue weighted by Gasteiger charge is 2.30. The lowest BCUT2D eigenvalue weighted by Crippen LogP contribution is -2.62. The molecule has 2 N–H and O–H groups in total. The van der Waals surface area contributed by atoms with Crippen LogP contribution in [0.15, 0.2) is 24.3 Å². The topological polar surface area (TPSA) is 74.9 Å². The summed E-state index contributed by atoms with van der Waals surface area (Å²) in [5.74, 6) is -0.932. The Balaban J connectivity index is 1.77. The van der Waals surface area contributed by atoms with Gasteiger partial charge >= 0.3 is 0 Å². The van der Waals surface area contributed by atoms with Crippen molar-refractivity contribution in [3.63, 3.8) is 0 Å². The Kier molecular flexibility index (Phi) is 5.24. The number of nitrogens with one attached hydrogen (secondary N) is 2. The smallest absolute Gasteiger partial charge is 0.161 e. The van der Waals surface area contributed by atoms with Crippen LogP contribution in [0, 0.1) is 34.4 Å². The Bertz CT molecular complexity index is 525. The first-order valence-electron chi connectivity index (χ1n) is 6.85. The largest absolute Gasteiger partial charge is 0.303 e. The summed E-state index contributed by atoms with van der Waals surface area (Å²) >= 11 is 0. The van der Waals surface area contributed by atoms with Crippen molar-refractivity contribution in [2.45, 2.75) is 18.8 Å². The predicted molar refractivity (Wildman–Crippen MR) is 76.2 cm³/mol. The number of rotatable bonds is 6. The Hall–Kier alpha value is -1.99. The standard InChI is InChI=1S/C15H18FN5/c1-19-15(12(6-17)7-18)20-14-9-21(10-14)8-11-2-4-13(16)5-3-11/h2-5,12,14-15,19-20H,8-10H2,1H3. The van der Waals surface area contributed by atoms with Crippen LogP contribution < -0.4 is 10.6 Å². The van der Waals surface area contributed by atoms with Gasteiger partial charge in [0, 0.05) is 25.7 Å². The molecule has 1 saturated heterocycles. The maximum Gasteiger partial charge on any atom is 0.161 e. The molecule has 2 rings (SSSR count). The van der Waals surface area contributed by atoms with E-state index in [1.54, 1.807) is 19.2 Å². The molecule has 1 atom stereocenters. The quantitative estimate of drug-likeness (QED) is 0.757. The fourth-order valence-corrected chi connectivity index (χ4v) is 2.43. The van der Waals surface area contributed by atoms with Gasteiger partial charge in [-0.05, 0) is 24.7 Å². The lowest BCUT2D eigenvalue weighted by molar-refractivity contribution is 0.104. The van der Waals surface area contributed by atoms with Crippen LogP contribution in [0.1, 0.15) is 5.56 Å². The average Bonchev–Trinajstić information content (AvgIpc) is 2.46. The molecule has 0 radical (unpaired) electrons. The number of nitrogens with zero attached hydrogens (tertiary/aromatic N) is 3. The molecule has 0 saturated carbocycles. The normalized spacial score (nSPS) is 17.0. The molecule has 6 heteroatoms. The van der Waals surface area contributed by atoms with Crippen LogP contribution in [-0.4, -0.2) is 37.2 Å². The molecule has 1 aromatic carbocycles. The fraction of sp³-hybridized carbons (Fsp3) is 0.467. The van der Waals surface area contributed by atoms with Crippen LogP contribution in [0.5, 0.6) is 0 Å². The average molecular weight is 287 g/mol. The van der Waals surface area contributed by atoms with Crippen molar-refractivity contribution in [1.29, 1.82) is 10.5 Å². The Morgan fingerprint density at radius 2 is 1.90 bits per heavy atom. The molecule has 1 unspecified atom stereocenters. The predicted octanol–water partition coefficient (Wildman–Crippen LogP) is 0.808. The van der Waals surface area contributed by atoms with Gasteiger partial charge in [-0.1, -0.05) is 12.1 Å². The van der Waals surface area contributed by atoms with E-state index in [-0.39, 0.29) is 18.0 Å². The molecule has 1 aromatic rings. The molecule has 1 aliphatic heterocycles. The second kappa shape index (κ2) is 7.14. The molecule has 0 spiro atoms. The highest BCUT2D eigenvalue weighted by atomic mass is 19.1. The van der Waals surface area contributed by atoms with Crippen molar-refractivity contribution in [1.82, 2.24) is 15.5 Å². The van der Waals surface area contributed by atoms with E-state index in [1.807, 2.05) is 12.1 Å². The minimum Gasteiger partial charge on any atom is -0.303 e. The highest BCUT2D eigenvalue weighted by Crippen LogP contribution is 2.15. The first-order chi connectivity index (χ1) is 10.2. The van der Waals surface area contributed by atoms with Gasteiger partial charge < -0.3 is 5.32 Å². The molecule has 1 fully saturated rings. The second-order valence-corrected chi connectivity index (χ2v) is 5.19. The van der Waals surface area contributed by atoms with Gasteiger partial charge in [0.1, 0.15) is 5.82 Å². The fourth-order valence-electron chi connectivity index (χ4n) is 2.43. The number of hydrogen-bond donors (Lipinski definition) is 2. The van der Waals surface area contributed by atoms with E-state index < -0.39 is 5.92 Å². The summed E-state index contributed by atoms with van der Waals surface area (Å²) in [5.41, 5.74) is 1.08. The van der Waals surface area contributed by atoms with Crippen LogP contribution >= 0.6 is 0 Å². The van der Waals surface area contributed by atoms with E-state index >= 15 is 0 Å². The third kappa shape index (κ3) is 3.99. The van der Waals surface area contributed by atoms with Crippen molar-refractivity contribution in [2.75, 3.05) is 20.1 Å². The molecule has 21 heavy (non-hydrogen) atoms. The Labute approximate surface area is 124 Å². The molecule has 1 aliphatic rings. The zero-order valence-corrected chi connectivity index (χ0v) is 11.9. The van der Waals surface area contributed by atoms with Gasteiger partial charge in [-0.3, -0.25) is 10.2 Å². The van der Waals surface area contributed by atoms with E-state index in [1.165, 1.54) is 12.1 Å². The van der Waals surface area contributed by atoms with Gasteiger partial charge in [0.05, 0.1) is 18.3 Å². The number of benzene rings is 1. The molecule has 0 bridgehead atoms. The van der Waals surface area contributed by atoms with Crippen LogP contribution in [0.2, 0.25) is 0 Å². The number of halogens is 1. The van der Waals surface area contributed by atoms with Crippen LogP contribution in [0.25, 0.3) is 0 Å². The summed E-state index contributed by atoms with van der Waals surface area (Å²) in [5, 5.41) is 24.0. The summed E-state index contributed by atoms with van der Waals surface area (Å²) in [7, 11) is 1.73. The molecular formula is C15H18FN5. The number of likely N-dealkylation sites (tertiary alicyclic amines) is 1. The van der Waals surface area contributed by atoms with Crippen LogP contribution in [0.3, 0.4) is 0 Å². The third-order valence-electron chi connectivity index (χ3n) is 3.61. The molecule has 0 aliphatic carbocycles. The van der Waals surface area contributed by atoms with Gasteiger partial charge in [-0.25, -0.2) is 4.39 Å². The molecule has 1 heterocycles. The monoisotopic (exact) mass is 287 g/mol. The number of hydrogen-bond acceptors (Lipinski definition) is 5. The maximum absolute atomic E-state index is 12.8.